The maximum Gasteiger partial charge on any atom is 0.272 e. The molecule has 0 aliphatic carbocycles. The lowest BCUT2D eigenvalue weighted by Gasteiger charge is -2.13. The van der Waals surface area contributed by atoms with Gasteiger partial charge in [0.2, 0.25) is 5.91 Å². The van der Waals surface area contributed by atoms with Crippen molar-refractivity contribution in [3.05, 3.63) is 23.1 Å². The van der Waals surface area contributed by atoms with Crippen LogP contribution in [0.2, 0.25) is 0 Å². The van der Waals surface area contributed by atoms with Crippen LogP contribution in [0.5, 0.6) is 0 Å². The van der Waals surface area contributed by atoms with E-state index in [1.165, 1.54) is 13.0 Å². The molecule has 1 aliphatic heterocycles. The number of carbonyl (C=O) groups excluding carboxylic acids is 3. The van der Waals surface area contributed by atoms with E-state index >= 15 is 0 Å². The van der Waals surface area contributed by atoms with Gasteiger partial charge in [-0.25, -0.2) is 4.90 Å². The van der Waals surface area contributed by atoms with Crippen molar-refractivity contribution < 1.29 is 19.5 Å². The Morgan fingerprint density at radius 1 is 1.19 bits per heavy atom. The second-order valence-corrected chi connectivity index (χ2v) is 5.14. The number of amides is 2. The van der Waals surface area contributed by atoms with Gasteiger partial charge in [-0.05, 0) is 13.3 Å². The Labute approximate surface area is 125 Å². The van der Waals surface area contributed by atoms with Gasteiger partial charge in [0.05, 0.1) is 5.70 Å². The number of carbonyl (C=O) groups is 3. The average Bonchev–Trinajstić information content (AvgIpc) is 2.69. The molecule has 1 rings (SSSR count). The first kappa shape index (κ1) is 17.1. The molecule has 1 heterocycles. The Balaban J connectivity index is 2.77. The van der Waals surface area contributed by atoms with Gasteiger partial charge >= 0.3 is 0 Å². The van der Waals surface area contributed by atoms with Crippen molar-refractivity contribution in [1.29, 1.82) is 0 Å². The number of rotatable bonds is 7. The van der Waals surface area contributed by atoms with Crippen molar-refractivity contribution in [3.8, 4) is 0 Å². The molecular formula is C16H23NO4. The Kier molecular flexibility index (Phi) is 6.34. The summed E-state index contributed by atoms with van der Waals surface area (Å²) >= 11 is 0. The van der Waals surface area contributed by atoms with Crippen LogP contribution in [0.1, 0.15) is 59.3 Å². The molecule has 1 aliphatic rings. The largest absolute Gasteiger partial charge is 0.505 e. The fraction of sp³-hybridized carbons (Fsp3) is 0.562. The number of aliphatic hydroxyl groups is 1. The molecule has 0 radical (unpaired) electrons. The van der Waals surface area contributed by atoms with Gasteiger partial charge < -0.3 is 5.11 Å². The second kappa shape index (κ2) is 7.76. The molecule has 0 saturated carbocycles. The van der Waals surface area contributed by atoms with E-state index in [1.807, 2.05) is 0 Å². The van der Waals surface area contributed by atoms with Gasteiger partial charge in [-0.2, -0.15) is 0 Å². The Morgan fingerprint density at radius 3 is 2.29 bits per heavy atom. The van der Waals surface area contributed by atoms with Gasteiger partial charge in [0.15, 0.2) is 11.5 Å². The molecule has 0 spiro atoms. The summed E-state index contributed by atoms with van der Waals surface area (Å²) in [6.45, 7) is 4.94. The van der Waals surface area contributed by atoms with Crippen LogP contribution in [0.25, 0.3) is 0 Å². The average molecular weight is 293 g/mol. The molecule has 0 bridgehead atoms. The second-order valence-electron chi connectivity index (χ2n) is 5.14. The van der Waals surface area contributed by atoms with Gasteiger partial charge in [-0.1, -0.05) is 38.7 Å². The lowest BCUT2D eigenvalue weighted by atomic mass is 10.0. The van der Waals surface area contributed by atoms with E-state index in [4.69, 9.17) is 0 Å². The van der Waals surface area contributed by atoms with Crippen LogP contribution in [-0.2, 0) is 14.4 Å². The zero-order valence-electron chi connectivity index (χ0n) is 12.9. The van der Waals surface area contributed by atoms with Crippen molar-refractivity contribution in [2.45, 2.75) is 59.3 Å². The number of unbranched alkanes of at least 4 members (excludes halogenated alkanes) is 4. The molecule has 0 fully saturated rings. The third-order valence-electron chi connectivity index (χ3n) is 3.51. The summed E-state index contributed by atoms with van der Waals surface area (Å²) in [7, 11) is 0. The highest BCUT2D eigenvalue weighted by atomic mass is 16.3. The fourth-order valence-electron chi connectivity index (χ4n) is 2.40. The van der Waals surface area contributed by atoms with Crippen LogP contribution in [0.3, 0.4) is 0 Å². The number of ketones is 1. The van der Waals surface area contributed by atoms with Crippen LogP contribution >= 0.6 is 0 Å². The maximum atomic E-state index is 12.1. The zero-order chi connectivity index (χ0) is 16.0. The van der Waals surface area contributed by atoms with Crippen LogP contribution in [-0.4, -0.2) is 27.6 Å². The monoisotopic (exact) mass is 293 g/mol. The molecule has 5 nitrogen and oxygen atoms in total. The summed E-state index contributed by atoms with van der Waals surface area (Å²) < 4.78 is 0. The van der Waals surface area contributed by atoms with Gasteiger partial charge in [0.1, 0.15) is 5.57 Å². The number of aliphatic hydroxyl groups excluding tert-OH is 1. The molecule has 21 heavy (non-hydrogen) atoms. The van der Waals surface area contributed by atoms with E-state index in [0.29, 0.717) is 6.42 Å². The van der Waals surface area contributed by atoms with Crippen molar-refractivity contribution in [1.82, 2.24) is 4.90 Å². The van der Waals surface area contributed by atoms with Crippen LogP contribution in [0.15, 0.2) is 23.1 Å². The van der Waals surface area contributed by atoms with Gasteiger partial charge in [0.25, 0.3) is 5.91 Å². The summed E-state index contributed by atoms with van der Waals surface area (Å²) in [4.78, 5) is 36.6. The molecule has 0 atom stereocenters. The van der Waals surface area contributed by atoms with Crippen LogP contribution < -0.4 is 0 Å². The number of imide groups is 1. The summed E-state index contributed by atoms with van der Waals surface area (Å²) in [5.74, 6) is -1.99. The van der Waals surface area contributed by atoms with E-state index in [0.717, 1.165) is 30.6 Å². The van der Waals surface area contributed by atoms with Crippen LogP contribution in [0.4, 0.5) is 0 Å². The molecule has 0 aromatic rings. The lowest BCUT2D eigenvalue weighted by Crippen LogP contribution is -2.31. The predicted octanol–water partition coefficient (Wildman–Crippen LogP) is 3.02. The summed E-state index contributed by atoms with van der Waals surface area (Å²) in [6, 6.07) is 0. The molecule has 0 aromatic carbocycles. The lowest BCUT2D eigenvalue weighted by molar-refractivity contribution is -0.138. The van der Waals surface area contributed by atoms with Crippen molar-refractivity contribution in [2.75, 3.05) is 0 Å². The van der Waals surface area contributed by atoms with Crippen LogP contribution in [0, 0.1) is 0 Å². The molecular weight excluding hydrogens is 270 g/mol. The van der Waals surface area contributed by atoms with Gasteiger partial charge in [-0.15, -0.1) is 0 Å². The Morgan fingerprint density at radius 2 is 1.81 bits per heavy atom. The molecule has 5 heteroatoms. The predicted molar refractivity (Wildman–Crippen MR) is 79.3 cm³/mol. The minimum Gasteiger partial charge on any atom is -0.505 e. The van der Waals surface area contributed by atoms with Crippen molar-refractivity contribution in [3.63, 3.8) is 0 Å². The third-order valence-corrected chi connectivity index (χ3v) is 3.51. The minimum atomic E-state index is -0.716. The Bertz CT molecular complexity index is 502. The smallest absolute Gasteiger partial charge is 0.272 e. The number of hydrogen-bond acceptors (Lipinski definition) is 4. The molecule has 2 amide bonds. The quantitative estimate of drug-likeness (QED) is 0.578. The Hall–Kier alpha value is -1.91. The first-order valence-electron chi connectivity index (χ1n) is 7.43. The highest BCUT2D eigenvalue weighted by Gasteiger charge is 2.40. The first-order chi connectivity index (χ1) is 9.95. The van der Waals surface area contributed by atoms with Gasteiger partial charge in [-0.3, -0.25) is 14.4 Å². The van der Waals surface area contributed by atoms with E-state index in [-0.39, 0.29) is 23.5 Å². The third kappa shape index (κ3) is 3.80. The van der Waals surface area contributed by atoms with E-state index in [9.17, 15) is 19.5 Å². The minimum absolute atomic E-state index is 0.0989. The normalized spacial score (nSPS) is 17.0. The van der Waals surface area contributed by atoms with Crippen molar-refractivity contribution >= 4 is 17.6 Å². The molecule has 0 aromatic heterocycles. The van der Waals surface area contributed by atoms with Crippen molar-refractivity contribution in [2.24, 2.45) is 0 Å². The van der Waals surface area contributed by atoms with E-state index in [1.54, 1.807) is 6.92 Å². The van der Waals surface area contributed by atoms with E-state index in [2.05, 4.69) is 6.92 Å². The topological polar surface area (TPSA) is 74.7 Å². The summed E-state index contributed by atoms with van der Waals surface area (Å²) in [5.41, 5.74) is -0.157. The standard InChI is InChI=1S/C16H23NO4/c1-4-6-7-8-9-10-13(19)14-15(20)12(5-2)17(11(3)18)16(14)21/h5,20H,4,6-10H2,1-3H3. The molecule has 116 valence electrons. The molecule has 1 N–H and O–H groups in total. The first-order valence-corrected chi connectivity index (χ1v) is 7.43. The summed E-state index contributed by atoms with van der Waals surface area (Å²) in [5, 5.41) is 10.0. The summed E-state index contributed by atoms with van der Waals surface area (Å²) in [6.07, 6.45) is 6.59. The highest BCUT2D eigenvalue weighted by Crippen LogP contribution is 2.29. The molecule has 0 saturated heterocycles. The SMILES string of the molecule is CC=C1C(O)=C(C(=O)CCCCCCC)C(=O)N1C(C)=O. The van der Waals surface area contributed by atoms with Gasteiger partial charge in [0, 0.05) is 13.3 Å². The highest BCUT2D eigenvalue weighted by molar-refractivity contribution is 6.25. The zero-order valence-corrected chi connectivity index (χ0v) is 12.9. The molecule has 0 unspecified atom stereocenters. The number of hydrogen-bond donors (Lipinski definition) is 1. The maximum absolute atomic E-state index is 12.1. The number of allylic oxidation sites excluding steroid dienone is 1. The number of nitrogens with zero attached hydrogens (tertiary/aromatic N) is 1. The fourth-order valence-corrected chi connectivity index (χ4v) is 2.40. The number of Topliss-reactive ketones (excluding diaryl/α,β-unsaturated/α-hetero) is 1. The van der Waals surface area contributed by atoms with E-state index < -0.39 is 17.6 Å².